The molecule has 182 valence electrons. The van der Waals surface area contributed by atoms with Gasteiger partial charge in [0.05, 0.1) is 30.3 Å². The number of Topliss-reactive ketones (excluding diaryl/α,β-unsaturated/α-hetero) is 1. The van der Waals surface area contributed by atoms with E-state index in [0.29, 0.717) is 21.3 Å². The highest BCUT2D eigenvalue weighted by Gasteiger charge is 2.21. The van der Waals surface area contributed by atoms with Crippen molar-refractivity contribution in [3.8, 4) is 5.75 Å². The molecule has 0 radical (unpaired) electrons. The second-order valence-electron chi connectivity index (χ2n) is 8.09. The van der Waals surface area contributed by atoms with Crippen LogP contribution in [0, 0.1) is 5.82 Å². The zero-order valence-corrected chi connectivity index (χ0v) is 19.1. The fourth-order valence-electron chi connectivity index (χ4n) is 3.86. The molecule has 5 N–H and O–H groups in total. The Morgan fingerprint density at radius 2 is 1.80 bits per heavy atom. The molecule has 35 heavy (non-hydrogen) atoms. The molecule has 3 aromatic carbocycles. The molecule has 10 heteroatoms. The van der Waals surface area contributed by atoms with Crippen LogP contribution in [0.15, 0.2) is 54.7 Å². The number of carbonyl (C=O) groups excluding carboxylic acids is 2. The molecular weight excluding hydrogens is 479 g/mol. The molecular formula is C25H22ClFN2O6. The predicted molar refractivity (Wildman–Crippen MR) is 128 cm³/mol. The third kappa shape index (κ3) is 5.13. The van der Waals surface area contributed by atoms with E-state index in [1.807, 2.05) is 0 Å². The van der Waals surface area contributed by atoms with E-state index in [-0.39, 0.29) is 23.4 Å². The van der Waals surface area contributed by atoms with Crippen molar-refractivity contribution in [2.45, 2.75) is 18.8 Å². The van der Waals surface area contributed by atoms with Crippen LogP contribution in [-0.2, 0) is 6.54 Å². The molecule has 0 aliphatic heterocycles. The molecule has 4 aromatic rings. The fraction of sp³-hybridized carbons (Fsp3) is 0.200. The molecule has 1 heterocycles. The molecule has 1 amide bonds. The second kappa shape index (κ2) is 10.0. The minimum atomic E-state index is -1.40. The number of benzene rings is 3. The number of aromatic nitrogens is 1. The molecule has 0 unspecified atom stereocenters. The number of rotatable bonds is 9. The summed E-state index contributed by atoms with van der Waals surface area (Å²) in [6.07, 6.45) is -1.33. The maximum absolute atomic E-state index is 13.9. The number of ether oxygens (including phenoxy) is 1. The average molecular weight is 501 g/mol. The molecule has 4 rings (SSSR count). The van der Waals surface area contributed by atoms with Crippen LogP contribution >= 0.6 is 11.6 Å². The highest BCUT2D eigenvalue weighted by atomic mass is 35.5. The number of fused-ring (bicyclic) bond motifs is 2. The third-order valence-corrected chi connectivity index (χ3v) is 5.92. The van der Waals surface area contributed by atoms with E-state index in [2.05, 4.69) is 0 Å². The van der Waals surface area contributed by atoms with Gasteiger partial charge in [-0.15, -0.1) is 0 Å². The van der Waals surface area contributed by atoms with Crippen LogP contribution in [-0.4, -0.2) is 57.0 Å². The van der Waals surface area contributed by atoms with Crippen LogP contribution in [0.3, 0.4) is 0 Å². The first-order valence-electron chi connectivity index (χ1n) is 10.6. The Morgan fingerprint density at radius 3 is 2.51 bits per heavy atom. The van der Waals surface area contributed by atoms with E-state index in [9.17, 15) is 24.2 Å². The second-order valence-corrected chi connectivity index (χ2v) is 8.53. The Morgan fingerprint density at radius 1 is 1.03 bits per heavy atom. The van der Waals surface area contributed by atoms with Crippen molar-refractivity contribution in [1.29, 1.82) is 0 Å². The lowest BCUT2D eigenvalue weighted by Crippen LogP contribution is -2.32. The third-order valence-electron chi connectivity index (χ3n) is 5.68. The average Bonchev–Trinajstić information content (AvgIpc) is 3.18. The number of aliphatic hydroxyl groups is 3. The molecule has 0 aliphatic rings. The summed E-state index contributed by atoms with van der Waals surface area (Å²) >= 11 is 6.02. The number of carbonyl (C=O) groups is 2. The van der Waals surface area contributed by atoms with Gasteiger partial charge in [-0.05, 0) is 53.2 Å². The van der Waals surface area contributed by atoms with E-state index in [1.54, 1.807) is 24.3 Å². The largest absolute Gasteiger partial charge is 0.485 e. The van der Waals surface area contributed by atoms with Crippen molar-refractivity contribution in [2.24, 2.45) is 5.73 Å². The lowest BCUT2D eigenvalue weighted by Gasteiger charge is -2.16. The predicted octanol–water partition coefficient (Wildman–Crippen LogP) is 2.66. The first-order valence-corrected chi connectivity index (χ1v) is 11.0. The summed E-state index contributed by atoms with van der Waals surface area (Å²) in [6.45, 7) is -1.29. The number of aliphatic hydroxyl groups excluding tert-OH is 3. The van der Waals surface area contributed by atoms with E-state index < -0.39 is 42.9 Å². The Bertz CT molecular complexity index is 1440. The van der Waals surface area contributed by atoms with Crippen LogP contribution in [0.1, 0.15) is 20.7 Å². The molecule has 2 atom stereocenters. The van der Waals surface area contributed by atoms with Crippen LogP contribution < -0.4 is 10.5 Å². The van der Waals surface area contributed by atoms with Crippen molar-refractivity contribution >= 4 is 45.0 Å². The summed E-state index contributed by atoms with van der Waals surface area (Å²) in [5.74, 6) is -1.63. The van der Waals surface area contributed by atoms with Gasteiger partial charge in [-0.1, -0.05) is 17.7 Å². The Hall–Kier alpha value is -3.50. The fourth-order valence-corrected chi connectivity index (χ4v) is 4.04. The standard InChI is InChI=1S/C25H22ClFN2O6/c26-15-2-1-13-7-24(18(25(28)34)6-14(13)5-15)35-12-23(33)19-9-29(10-21(31)22(32)11-30)20-8-16(27)3-4-17(19)20/h1-9,21-22,30-32H,10-12H2,(H2,28,34)/t21-,22-/m0/s1. The smallest absolute Gasteiger partial charge is 0.252 e. The van der Waals surface area contributed by atoms with Gasteiger partial charge in [0.1, 0.15) is 17.7 Å². The number of ketones is 1. The zero-order valence-electron chi connectivity index (χ0n) is 18.3. The molecule has 0 bridgehead atoms. The Labute approximate surface area is 203 Å². The van der Waals surface area contributed by atoms with Crippen LogP contribution in [0.4, 0.5) is 4.39 Å². The van der Waals surface area contributed by atoms with Crippen molar-refractivity contribution < 1.29 is 34.0 Å². The number of hydrogen-bond acceptors (Lipinski definition) is 6. The summed E-state index contributed by atoms with van der Waals surface area (Å²) in [5, 5.41) is 31.2. The number of nitrogens with two attached hydrogens (primary N) is 1. The summed E-state index contributed by atoms with van der Waals surface area (Å²) in [4.78, 5) is 25.1. The lowest BCUT2D eigenvalue weighted by molar-refractivity contribution is -0.0209. The number of nitrogens with zero attached hydrogens (tertiary/aromatic N) is 1. The van der Waals surface area contributed by atoms with Crippen molar-refractivity contribution in [3.63, 3.8) is 0 Å². The summed E-state index contributed by atoms with van der Waals surface area (Å²) < 4.78 is 21.0. The number of amides is 1. The SMILES string of the molecule is NC(=O)c1cc2cc(Cl)ccc2cc1OCC(=O)c1cn(C[C@H](O)[C@@H](O)CO)c2cc(F)ccc12. The Balaban J connectivity index is 1.64. The first-order chi connectivity index (χ1) is 16.7. The number of primary amides is 1. The molecule has 0 aliphatic carbocycles. The van der Waals surface area contributed by atoms with Gasteiger partial charge in [-0.3, -0.25) is 9.59 Å². The first kappa shape index (κ1) is 24.6. The molecule has 0 saturated carbocycles. The Kier molecular flexibility index (Phi) is 7.04. The summed E-state index contributed by atoms with van der Waals surface area (Å²) in [5.41, 5.74) is 6.09. The van der Waals surface area contributed by atoms with E-state index in [0.717, 1.165) is 5.39 Å². The zero-order chi connectivity index (χ0) is 25.3. The van der Waals surface area contributed by atoms with Gasteiger partial charge in [0, 0.05) is 22.2 Å². The molecule has 8 nitrogen and oxygen atoms in total. The minimum Gasteiger partial charge on any atom is -0.485 e. The topological polar surface area (TPSA) is 135 Å². The lowest BCUT2D eigenvalue weighted by atomic mass is 10.1. The van der Waals surface area contributed by atoms with Crippen molar-refractivity contribution in [1.82, 2.24) is 4.57 Å². The van der Waals surface area contributed by atoms with Gasteiger partial charge in [0.25, 0.3) is 5.91 Å². The number of hydrogen-bond donors (Lipinski definition) is 4. The maximum atomic E-state index is 13.9. The van der Waals surface area contributed by atoms with Crippen LogP contribution in [0.5, 0.6) is 5.75 Å². The molecule has 1 aromatic heterocycles. The molecule has 0 spiro atoms. The molecule has 0 saturated heterocycles. The number of halogens is 2. The van der Waals surface area contributed by atoms with Gasteiger partial charge in [-0.25, -0.2) is 4.39 Å². The van der Waals surface area contributed by atoms with Crippen LogP contribution in [0.25, 0.3) is 21.7 Å². The van der Waals surface area contributed by atoms with Gasteiger partial charge < -0.3 is 30.4 Å². The highest BCUT2D eigenvalue weighted by molar-refractivity contribution is 6.31. The van der Waals surface area contributed by atoms with Gasteiger partial charge >= 0.3 is 0 Å². The monoisotopic (exact) mass is 500 g/mol. The normalized spacial score (nSPS) is 13.2. The highest BCUT2D eigenvalue weighted by Crippen LogP contribution is 2.29. The van der Waals surface area contributed by atoms with Gasteiger partial charge in [0.2, 0.25) is 5.78 Å². The maximum Gasteiger partial charge on any atom is 0.252 e. The quantitative estimate of drug-likeness (QED) is 0.261. The summed E-state index contributed by atoms with van der Waals surface area (Å²) in [6, 6.07) is 12.0. The van der Waals surface area contributed by atoms with E-state index in [1.165, 1.54) is 35.0 Å². The minimum absolute atomic E-state index is 0.0816. The van der Waals surface area contributed by atoms with E-state index >= 15 is 0 Å². The van der Waals surface area contributed by atoms with Crippen molar-refractivity contribution in [3.05, 3.63) is 76.7 Å². The van der Waals surface area contributed by atoms with Crippen molar-refractivity contribution in [2.75, 3.05) is 13.2 Å². The summed E-state index contributed by atoms with van der Waals surface area (Å²) in [7, 11) is 0. The van der Waals surface area contributed by atoms with Gasteiger partial charge in [0.15, 0.2) is 6.61 Å². The molecule has 0 fully saturated rings. The van der Waals surface area contributed by atoms with Gasteiger partial charge in [-0.2, -0.15) is 0 Å². The van der Waals surface area contributed by atoms with Crippen LogP contribution in [0.2, 0.25) is 5.02 Å². The van der Waals surface area contributed by atoms with E-state index in [4.69, 9.17) is 27.2 Å².